The fourth-order valence-corrected chi connectivity index (χ4v) is 26.0. The maximum atomic E-state index is 6.15. The number of fused-ring (bicyclic) bond motifs is 2. The zero-order chi connectivity index (χ0) is 28.5. The summed E-state index contributed by atoms with van der Waals surface area (Å²) in [6.07, 6.45) is 11.8. The normalized spacial score (nSPS) is 17.2. The molecule has 4 heterocycles. The van der Waals surface area contributed by atoms with E-state index in [2.05, 4.69) is 76.8 Å². The van der Waals surface area contributed by atoms with E-state index in [0.29, 0.717) is 0 Å². The fraction of sp³-hybridized carbons (Fsp3) is 0.111. The van der Waals surface area contributed by atoms with Gasteiger partial charge in [-0.3, -0.25) is 0 Å². The van der Waals surface area contributed by atoms with Gasteiger partial charge in [0.15, 0.2) is 0 Å². The molecule has 6 aromatic rings. The summed E-state index contributed by atoms with van der Waals surface area (Å²) in [5, 5.41) is 0. The van der Waals surface area contributed by atoms with Crippen molar-refractivity contribution in [3.05, 3.63) is 144 Å². The van der Waals surface area contributed by atoms with Gasteiger partial charge in [0.05, 0.1) is 0 Å². The number of benzene rings is 2. The van der Waals surface area contributed by atoms with Crippen molar-refractivity contribution in [1.29, 1.82) is 0 Å². The Hall–Kier alpha value is -3.28. The zero-order valence-corrected chi connectivity index (χ0v) is 29.9. The van der Waals surface area contributed by atoms with Crippen LogP contribution in [0.25, 0.3) is 45.9 Å². The second-order valence-electron chi connectivity index (χ2n) is 12.5. The molecule has 222 valence electrons. The van der Waals surface area contributed by atoms with Crippen LogP contribution in [-0.4, -0.2) is 6.88 Å². The Labute approximate surface area is 271 Å². The van der Waals surface area contributed by atoms with Crippen LogP contribution in [0.4, 0.5) is 0 Å². The fourth-order valence-electron chi connectivity index (χ4n) is 7.62. The summed E-state index contributed by atoms with van der Waals surface area (Å²) in [4.78, 5) is 0. The zero-order valence-electron chi connectivity index (χ0n) is 24.4. The number of hydrogen-bond donors (Lipinski definition) is 0. The molecule has 8 rings (SSSR count). The van der Waals surface area contributed by atoms with Crippen molar-refractivity contribution >= 4 is 55.0 Å². The van der Waals surface area contributed by atoms with E-state index in [1.54, 1.807) is 25.1 Å². The Morgan fingerprint density at radius 3 is 1.20 bits per heavy atom. The Balaban J connectivity index is 0.00000171. The number of rotatable bonds is 6. The van der Waals surface area contributed by atoms with Crippen LogP contribution in [0.5, 0.6) is 0 Å². The molecule has 0 saturated carbocycles. The number of allylic oxidation sites excluding steroid dienone is 2. The van der Waals surface area contributed by atoms with E-state index in [4.69, 9.17) is 17.7 Å². The summed E-state index contributed by atoms with van der Waals surface area (Å²) in [7, 11) is 0. The Morgan fingerprint density at radius 2 is 0.864 bits per heavy atom. The standard InChI is InChI=1S/2C17H11O2.2CH3.2ClH.H2Si.Zr/c2*1-4-12-10-13(16-6-2-8-18-16)11-15(12)14(5-1)17-7-3-9-19-17;;;;;;/h2*1-11H;2*1H3;2*1H;1H2;. The molecule has 4 aromatic heterocycles. The molecule has 4 nitrogen and oxygen atoms in total. The van der Waals surface area contributed by atoms with Crippen LogP contribution in [0.3, 0.4) is 0 Å². The average molecular weight is 719 g/mol. The first-order valence-corrected chi connectivity index (χ1v) is 28.0. The first kappa shape index (κ1) is 30.7. The predicted molar refractivity (Wildman–Crippen MR) is 182 cm³/mol. The van der Waals surface area contributed by atoms with Gasteiger partial charge in [-0.05, 0) is 0 Å². The summed E-state index contributed by atoms with van der Waals surface area (Å²) < 4.78 is 29.8. The van der Waals surface area contributed by atoms with Gasteiger partial charge >= 0.3 is 248 Å². The molecule has 0 radical (unpaired) electrons. The third kappa shape index (κ3) is 4.66. The topological polar surface area (TPSA) is 52.6 Å². The SMILES string of the molecule is Cl.Cl.[CH3][Zr]([CH3])(=[SiH2])([CH]1C(c2ccco2)=Cc2c(-c3ccco3)cccc21)[CH]1C(c2ccco2)=Cc2c(-c3ccco3)cccc21. The van der Waals surface area contributed by atoms with Crippen molar-refractivity contribution in [3.8, 4) is 22.6 Å². The molecule has 2 atom stereocenters. The third-order valence-corrected chi connectivity index (χ3v) is 26.4. The van der Waals surface area contributed by atoms with Crippen molar-refractivity contribution in [2.75, 3.05) is 0 Å². The molecule has 2 aliphatic rings. The Morgan fingerprint density at radius 1 is 0.500 bits per heavy atom. The molecular formula is C36H32Cl2O4SiZr. The van der Waals surface area contributed by atoms with Crippen molar-refractivity contribution < 1.29 is 35.1 Å². The van der Waals surface area contributed by atoms with Crippen LogP contribution in [0.2, 0.25) is 9.26 Å². The second kappa shape index (κ2) is 11.3. The molecule has 2 aliphatic carbocycles. The Kier molecular flexibility index (Phi) is 7.87. The van der Waals surface area contributed by atoms with Crippen LogP contribution < -0.4 is 0 Å². The van der Waals surface area contributed by atoms with Crippen LogP contribution in [0, 0.1) is 0 Å². The van der Waals surface area contributed by atoms with E-state index >= 15 is 0 Å². The molecule has 0 aliphatic heterocycles. The van der Waals surface area contributed by atoms with Crippen LogP contribution >= 0.6 is 24.8 Å². The van der Waals surface area contributed by atoms with Gasteiger partial charge in [-0.2, -0.15) is 0 Å². The van der Waals surface area contributed by atoms with Gasteiger partial charge in [0.25, 0.3) is 0 Å². The van der Waals surface area contributed by atoms with Crippen molar-refractivity contribution in [1.82, 2.24) is 0 Å². The van der Waals surface area contributed by atoms with Gasteiger partial charge in [0.2, 0.25) is 0 Å². The van der Waals surface area contributed by atoms with Crippen molar-refractivity contribution in [2.45, 2.75) is 16.5 Å². The molecule has 44 heavy (non-hydrogen) atoms. The average Bonchev–Trinajstić information content (AvgIpc) is 3.84. The first-order valence-electron chi connectivity index (χ1n) is 14.3. The first-order chi connectivity index (χ1) is 20.4. The van der Waals surface area contributed by atoms with Crippen LogP contribution in [0.1, 0.15) is 41.0 Å². The second-order valence-corrected chi connectivity index (χ2v) is 43.0. The van der Waals surface area contributed by atoms with E-state index in [1.165, 1.54) is 33.4 Å². The van der Waals surface area contributed by atoms with E-state index in [1.807, 2.05) is 36.4 Å². The van der Waals surface area contributed by atoms with Gasteiger partial charge in [-0.25, -0.2) is 0 Å². The van der Waals surface area contributed by atoms with Gasteiger partial charge in [-0.1, -0.05) is 0 Å². The number of furan rings is 4. The maximum absolute atomic E-state index is 6.15. The molecule has 0 N–H and O–H groups in total. The minimum atomic E-state index is -4.03. The van der Waals surface area contributed by atoms with Gasteiger partial charge in [0.1, 0.15) is 0 Å². The van der Waals surface area contributed by atoms with Crippen LogP contribution in [0.15, 0.2) is 128 Å². The van der Waals surface area contributed by atoms with Gasteiger partial charge < -0.3 is 0 Å². The predicted octanol–water partition coefficient (Wildman–Crippen LogP) is 10.5. The van der Waals surface area contributed by atoms with E-state index in [-0.39, 0.29) is 32.1 Å². The summed E-state index contributed by atoms with van der Waals surface area (Å²) in [5.41, 5.74) is 9.92. The van der Waals surface area contributed by atoms with Crippen molar-refractivity contribution in [2.24, 2.45) is 0 Å². The number of hydrogen-bond acceptors (Lipinski definition) is 4. The molecule has 0 bridgehead atoms. The third-order valence-electron chi connectivity index (χ3n) is 9.20. The number of halogens is 2. The van der Waals surface area contributed by atoms with Gasteiger partial charge in [0, 0.05) is 0 Å². The Bertz CT molecular complexity index is 1920. The quantitative estimate of drug-likeness (QED) is 0.161. The summed E-state index contributed by atoms with van der Waals surface area (Å²) >= 11 is -4.03. The monoisotopic (exact) mass is 716 g/mol. The van der Waals surface area contributed by atoms with Crippen LogP contribution in [-0.2, 0) is 17.4 Å². The molecule has 0 saturated heterocycles. The summed E-state index contributed by atoms with van der Waals surface area (Å²) in [6.45, 7) is 2.30. The molecular weight excluding hydrogens is 687 g/mol. The summed E-state index contributed by atoms with van der Waals surface area (Å²) in [5.74, 6) is 3.63. The van der Waals surface area contributed by atoms with E-state index in [0.717, 1.165) is 34.2 Å². The minimum absolute atomic E-state index is 0. The van der Waals surface area contributed by atoms with Gasteiger partial charge in [-0.15, -0.1) is 24.8 Å². The molecule has 2 aromatic carbocycles. The van der Waals surface area contributed by atoms with Crippen molar-refractivity contribution in [3.63, 3.8) is 0 Å². The summed E-state index contributed by atoms with van der Waals surface area (Å²) in [6, 6.07) is 29.5. The van der Waals surface area contributed by atoms with E-state index < -0.39 is 17.4 Å². The van der Waals surface area contributed by atoms with E-state index in [9.17, 15) is 0 Å². The molecule has 0 spiro atoms. The molecule has 8 heteroatoms. The molecule has 0 fully saturated rings. The molecule has 0 amide bonds. The molecule has 2 unspecified atom stereocenters.